The van der Waals surface area contributed by atoms with Crippen LogP contribution in [0.1, 0.15) is 12.0 Å². The van der Waals surface area contributed by atoms with Gasteiger partial charge < -0.3 is 14.8 Å². The van der Waals surface area contributed by atoms with Gasteiger partial charge in [0.15, 0.2) is 4.34 Å². The fourth-order valence-corrected chi connectivity index (χ4v) is 3.92. The van der Waals surface area contributed by atoms with Gasteiger partial charge in [-0.2, -0.15) is 0 Å². The highest BCUT2D eigenvalue weighted by atomic mass is 32.2. The van der Waals surface area contributed by atoms with Crippen LogP contribution in [0.5, 0.6) is 11.5 Å². The van der Waals surface area contributed by atoms with Gasteiger partial charge in [0.1, 0.15) is 11.5 Å². The lowest BCUT2D eigenvalue weighted by Crippen LogP contribution is -1.98. The van der Waals surface area contributed by atoms with Crippen molar-refractivity contribution in [3.05, 3.63) is 60.2 Å². The molecule has 0 unspecified atom stereocenters. The Labute approximate surface area is 161 Å². The molecule has 26 heavy (non-hydrogen) atoms. The maximum absolute atomic E-state index is 5.72. The number of aromatic nitrogens is 2. The van der Waals surface area contributed by atoms with Crippen LogP contribution in [-0.2, 0) is 6.54 Å². The zero-order chi connectivity index (χ0) is 18.0. The molecule has 0 spiro atoms. The van der Waals surface area contributed by atoms with Crippen molar-refractivity contribution < 1.29 is 9.47 Å². The molecule has 0 aliphatic heterocycles. The summed E-state index contributed by atoms with van der Waals surface area (Å²) in [6.07, 6.45) is 0.947. The Morgan fingerprint density at radius 3 is 2.54 bits per heavy atom. The molecule has 1 heterocycles. The Hall–Kier alpha value is -2.25. The minimum atomic E-state index is 0.678. The normalized spacial score (nSPS) is 10.5. The van der Waals surface area contributed by atoms with Crippen molar-refractivity contribution in [3.8, 4) is 11.5 Å². The van der Waals surface area contributed by atoms with Crippen molar-refractivity contribution in [2.24, 2.45) is 0 Å². The van der Waals surface area contributed by atoms with E-state index in [0.29, 0.717) is 6.61 Å². The summed E-state index contributed by atoms with van der Waals surface area (Å²) >= 11 is 3.29. The molecule has 0 saturated carbocycles. The first-order chi connectivity index (χ1) is 12.8. The van der Waals surface area contributed by atoms with E-state index in [1.54, 1.807) is 30.2 Å². The van der Waals surface area contributed by atoms with Gasteiger partial charge in [-0.15, -0.1) is 10.2 Å². The largest absolute Gasteiger partial charge is 0.497 e. The molecule has 7 heteroatoms. The molecule has 0 radical (unpaired) electrons. The summed E-state index contributed by atoms with van der Waals surface area (Å²) in [6, 6.07) is 17.9. The highest BCUT2D eigenvalue weighted by molar-refractivity contribution is 8.01. The second-order valence-electron chi connectivity index (χ2n) is 5.44. The van der Waals surface area contributed by atoms with Crippen molar-refractivity contribution in [2.45, 2.75) is 17.3 Å². The molecule has 136 valence electrons. The summed E-state index contributed by atoms with van der Waals surface area (Å²) in [5.74, 6) is 2.64. The third-order valence-electron chi connectivity index (χ3n) is 3.54. The van der Waals surface area contributed by atoms with Crippen molar-refractivity contribution >= 4 is 28.2 Å². The second kappa shape index (κ2) is 10.0. The lowest BCUT2D eigenvalue weighted by atomic mass is 10.2. The van der Waals surface area contributed by atoms with Crippen molar-refractivity contribution in [2.75, 3.05) is 24.8 Å². The quantitative estimate of drug-likeness (QED) is 0.401. The van der Waals surface area contributed by atoms with Crippen LogP contribution in [0.4, 0.5) is 5.13 Å². The summed E-state index contributed by atoms with van der Waals surface area (Å²) in [7, 11) is 1.66. The highest BCUT2D eigenvalue weighted by Crippen LogP contribution is 2.26. The Kier molecular flexibility index (Phi) is 7.15. The molecule has 3 aromatic rings. The van der Waals surface area contributed by atoms with E-state index in [4.69, 9.17) is 9.47 Å². The fraction of sp³-hybridized carbons (Fsp3) is 0.263. The van der Waals surface area contributed by atoms with E-state index >= 15 is 0 Å². The average Bonchev–Trinajstić information content (AvgIpc) is 3.15. The van der Waals surface area contributed by atoms with Gasteiger partial charge >= 0.3 is 0 Å². The zero-order valence-electron chi connectivity index (χ0n) is 14.6. The smallest absolute Gasteiger partial charge is 0.206 e. The molecule has 0 amide bonds. The first-order valence-corrected chi connectivity index (χ1v) is 10.1. The van der Waals surface area contributed by atoms with Crippen LogP contribution < -0.4 is 14.8 Å². The van der Waals surface area contributed by atoms with Crippen LogP contribution in [0.2, 0.25) is 0 Å². The number of hydrogen-bond acceptors (Lipinski definition) is 7. The minimum Gasteiger partial charge on any atom is -0.497 e. The number of nitrogens with one attached hydrogen (secondary N) is 1. The zero-order valence-corrected chi connectivity index (χ0v) is 16.2. The number of benzene rings is 2. The van der Waals surface area contributed by atoms with E-state index in [9.17, 15) is 0 Å². The molecular formula is C19H21N3O2S2. The first-order valence-electron chi connectivity index (χ1n) is 8.34. The molecule has 3 rings (SSSR count). The van der Waals surface area contributed by atoms with E-state index in [1.165, 1.54) is 5.56 Å². The molecule has 0 atom stereocenters. The summed E-state index contributed by atoms with van der Waals surface area (Å²) in [4.78, 5) is 0. The van der Waals surface area contributed by atoms with Crippen LogP contribution in [0.15, 0.2) is 58.9 Å². The van der Waals surface area contributed by atoms with Crippen molar-refractivity contribution in [1.29, 1.82) is 0 Å². The van der Waals surface area contributed by atoms with Gasteiger partial charge in [0.25, 0.3) is 0 Å². The highest BCUT2D eigenvalue weighted by Gasteiger charge is 2.04. The molecular weight excluding hydrogens is 366 g/mol. The Morgan fingerprint density at radius 2 is 1.77 bits per heavy atom. The Bertz CT molecular complexity index is 779. The van der Waals surface area contributed by atoms with E-state index in [2.05, 4.69) is 27.6 Å². The lowest BCUT2D eigenvalue weighted by Gasteiger charge is -2.06. The molecule has 0 saturated heterocycles. The predicted octanol–water partition coefficient (Wildman–Crippen LogP) is 4.72. The summed E-state index contributed by atoms with van der Waals surface area (Å²) in [5, 5.41) is 12.6. The average molecular weight is 388 g/mol. The van der Waals surface area contributed by atoms with Crippen LogP contribution in [0, 0.1) is 0 Å². The SMILES string of the molecule is COc1ccc(OCCCSc2nnc(NCc3ccccc3)s2)cc1. The Balaban J connectivity index is 1.33. The molecule has 2 aromatic carbocycles. The summed E-state index contributed by atoms with van der Waals surface area (Å²) in [6.45, 7) is 1.44. The number of methoxy groups -OCH3 is 1. The number of thioether (sulfide) groups is 1. The second-order valence-corrected chi connectivity index (χ2v) is 7.76. The van der Waals surface area contributed by atoms with Gasteiger partial charge in [-0.1, -0.05) is 53.4 Å². The van der Waals surface area contributed by atoms with Crippen LogP contribution in [-0.4, -0.2) is 29.7 Å². The standard InChI is InChI=1S/C19H21N3O2S2/c1-23-16-8-10-17(11-9-16)24-12-5-13-25-19-22-21-18(26-19)20-14-15-6-3-2-4-7-15/h2-4,6-11H,5,12-14H2,1H3,(H,20,21). The lowest BCUT2D eigenvalue weighted by molar-refractivity contribution is 0.318. The van der Waals surface area contributed by atoms with E-state index in [-0.39, 0.29) is 0 Å². The molecule has 5 nitrogen and oxygen atoms in total. The third-order valence-corrected chi connectivity index (χ3v) is 5.64. The third kappa shape index (κ3) is 5.93. The van der Waals surface area contributed by atoms with E-state index in [0.717, 1.165) is 39.7 Å². The summed E-state index contributed by atoms with van der Waals surface area (Å²) < 4.78 is 11.8. The van der Waals surface area contributed by atoms with Gasteiger partial charge in [-0.05, 0) is 36.2 Å². The fourth-order valence-electron chi connectivity index (χ4n) is 2.19. The van der Waals surface area contributed by atoms with Gasteiger partial charge in [0.2, 0.25) is 5.13 Å². The molecule has 0 bridgehead atoms. The number of rotatable bonds is 10. The molecule has 0 aliphatic rings. The monoisotopic (exact) mass is 387 g/mol. The number of anilines is 1. The molecule has 0 fully saturated rings. The van der Waals surface area contributed by atoms with Crippen molar-refractivity contribution in [1.82, 2.24) is 10.2 Å². The number of nitrogens with zero attached hydrogens (tertiary/aromatic N) is 2. The first kappa shape index (κ1) is 18.5. The predicted molar refractivity (Wildman–Crippen MR) is 108 cm³/mol. The van der Waals surface area contributed by atoms with Crippen LogP contribution in [0.25, 0.3) is 0 Å². The molecule has 1 aromatic heterocycles. The van der Waals surface area contributed by atoms with E-state index < -0.39 is 0 Å². The van der Waals surface area contributed by atoms with Crippen LogP contribution in [0.3, 0.4) is 0 Å². The topological polar surface area (TPSA) is 56.3 Å². The van der Waals surface area contributed by atoms with Gasteiger partial charge in [0, 0.05) is 12.3 Å². The molecule has 0 aliphatic carbocycles. The van der Waals surface area contributed by atoms with E-state index in [1.807, 2.05) is 42.5 Å². The van der Waals surface area contributed by atoms with Crippen LogP contribution >= 0.6 is 23.1 Å². The summed E-state index contributed by atoms with van der Waals surface area (Å²) in [5.41, 5.74) is 1.23. The van der Waals surface area contributed by atoms with Crippen molar-refractivity contribution in [3.63, 3.8) is 0 Å². The van der Waals surface area contributed by atoms with Gasteiger partial charge in [-0.3, -0.25) is 0 Å². The maximum atomic E-state index is 5.72. The van der Waals surface area contributed by atoms with Gasteiger partial charge in [0.05, 0.1) is 13.7 Å². The number of hydrogen-bond donors (Lipinski definition) is 1. The number of ether oxygens (including phenoxy) is 2. The Morgan fingerprint density at radius 1 is 1.00 bits per heavy atom. The molecule has 1 N–H and O–H groups in total. The maximum Gasteiger partial charge on any atom is 0.206 e. The van der Waals surface area contributed by atoms with Gasteiger partial charge in [-0.25, -0.2) is 0 Å². The minimum absolute atomic E-state index is 0.678.